The number of nitrogens with zero attached hydrogens (tertiary/aromatic N) is 7. The molecule has 106 heavy (non-hydrogen) atoms. The van der Waals surface area contributed by atoms with E-state index in [2.05, 4.69) is 208 Å². The lowest BCUT2D eigenvalue weighted by Gasteiger charge is -2.43. The van der Waals surface area contributed by atoms with Crippen LogP contribution in [0.5, 0.6) is 34.5 Å². The summed E-state index contributed by atoms with van der Waals surface area (Å²) >= 11 is 0. The summed E-state index contributed by atoms with van der Waals surface area (Å²) in [6.45, 7) is 12.4. The summed E-state index contributed by atoms with van der Waals surface area (Å²) in [5.41, 5.74) is 18.5. The summed E-state index contributed by atoms with van der Waals surface area (Å²) in [5.74, 6) is 3.04. The third kappa shape index (κ3) is 14.5. The van der Waals surface area contributed by atoms with Gasteiger partial charge in [-0.1, -0.05) is 149 Å². The molecule has 0 saturated carbocycles. The zero-order valence-corrected chi connectivity index (χ0v) is 62.3. The van der Waals surface area contributed by atoms with Gasteiger partial charge in [-0.25, -0.2) is 0 Å². The van der Waals surface area contributed by atoms with E-state index in [-0.39, 0.29) is 0 Å². The Bertz CT molecular complexity index is 5520. The van der Waals surface area contributed by atoms with E-state index in [9.17, 15) is 0 Å². The van der Waals surface area contributed by atoms with Gasteiger partial charge in [0.2, 0.25) is 0 Å². The molecule has 8 aliphatic heterocycles. The summed E-state index contributed by atoms with van der Waals surface area (Å²) in [6.07, 6.45) is 10.8. The van der Waals surface area contributed by atoms with Crippen molar-refractivity contribution in [1.29, 1.82) is 0 Å². The van der Waals surface area contributed by atoms with Crippen LogP contribution in [0.25, 0.3) is 76.8 Å². The fourth-order valence-electron chi connectivity index (χ4n) is 13.3. The SMILES string of the molecule is CC=Nc1ccc(-c2cc(-c3ccc(N=CC)cc3)c3ccc4c5cc(c6ccc2c3c64)-c2ccc(cc2)N=Cc2ccc(cc2)ON2P(N=P(Oc3ccc(CC)cc3)(Oc3ccc(CC)cc3)N(Oc3ccc(CC)cc3)P2Oc2ccc(CC)cc2)Oc2ccc(cc2)C=Nc2ccc-5cc2)cc1. The highest BCUT2D eigenvalue weighted by Crippen LogP contribution is 2.78. The second-order valence-electron chi connectivity index (χ2n) is 25.8. The first kappa shape index (κ1) is 69.0. The number of hydrogen-bond acceptors (Lipinski definition) is 13. The molecule has 14 aromatic carbocycles. The maximum Gasteiger partial charge on any atom is 0.447 e. The first-order valence-electron chi connectivity index (χ1n) is 35.9. The molecule has 2 unspecified atom stereocenters. The molecule has 0 amide bonds. The van der Waals surface area contributed by atoms with Crippen molar-refractivity contribution in [2.45, 2.75) is 67.2 Å². The van der Waals surface area contributed by atoms with Crippen molar-refractivity contribution in [2.24, 2.45) is 24.5 Å². The van der Waals surface area contributed by atoms with Gasteiger partial charge in [-0.2, -0.15) is 0 Å². The zero-order valence-electron chi connectivity index (χ0n) is 59.6. The van der Waals surface area contributed by atoms with Crippen molar-refractivity contribution in [3.63, 3.8) is 0 Å². The normalized spacial score (nSPS) is 15.1. The Balaban J connectivity index is 0.845. The standard InChI is InChI=1S/C90H76N7O6P3/c1-7-61-13-41-76(42-14-61)99-97-105(101-78-45-15-62(8-2)16-46-78)96-98-75-43-21-65(22-44-75)59-93-73-37-29-69(30-38-73)87-58-88(84-56-54-82-86(68-27-35-72(36-28-68)92-12-6)57-85(67-25-33-71(34-26-67)91-11-5)81-53-55-83(87)90(84)89(81)82)70-31-39-74(40-32-70)94-60-66-23-47-77(48-24-66)100-104(96)95-106(97,102-79-49-17-63(9-3)18-50-79)103-80-51-19-64(10-4)20-52-80/h11-60H,7-10H2,1-6H3. The van der Waals surface area contributed by atoms with Gasteiger partial charge >= 0.3 is 24.6 Å². The van der Waals surface area contributed by atoms with Crippen LogP contribution >= 0.6 is 24.6 Å². The van der Waals surface area contributed by atoms with Crippen LogP contribution in [0.15, 0.2) is 304 Å². The first-order chi connectivity index (χ1) is 52.1. The van der Waals surface area contributed by atoms with Crippen LogP contribution in [0.3, 0.4) is 0 Å². The van der Waals surface area contributed by atoms with Crippen molar-refractivity contribution in [3.8, 4) is 79.0 Å². The van der Waals surface area contributed by atoms with Gasteiger partial charge in [0, 0.05) is 34.1 Å². The third-order valence-corrected chi connectivity index (χ3v) is 25.9. The molecular formula is C90H76N7O6P3. The van der Waals surface area contributed by atoms with Crippen LogP contribution in [-0.4, -0.2) is 34.1 Å². The number of aliphatic imine (C=N–C) groups is 4. The van der Waals surface area contributed by atoms with Gasteiger partial charge < -0.3 is 27.8 Å². The van der Waals surface area contributed by atoms with Gasteiger partial charge in [-0.05, 0) is 307 Å². The molecule has 0 N–H and O–H groups in total. The Labute approximate surface area is 620 Å². The van der Waals surface area contributed by atoms with Crippen molar-refractivity contribution >= 4 is 104 Å². The van der Waals surface area contributed by atoms with Crippen molar-refractivity contribution in [2.75, 3.05) is 0 Å². The molecule has 8 aliphatic rings. The minimum Gasteiger partial charge on any atom is -0.440 e. The molecule has 14 aromatic rings. The number of hydrogen-bond donors (Lipinski definition) is 0. The summed E-state index contributed by atoms with van der Waals surface area (Å²) in [6, 6.07) is 95.7. The van der Waals surface area contributed by atoms with E-state index in [1.54, 1.807) is 9.21 Å². The molecule has 2 atom stereocenters. The lowest BCUT2D eigenvalue weighted by atomic mass is 9.82. The van der Waals surface area contributed by atoms with E-state index in [1.807, 2.05) is 148 Å². The fourth-order valence-corrected chi connectivity index (χ4v) is 20.8. The number of benzene rings is 14. The highest BCUT2D eigenvalue weighted by Gasteiger charge is 2.58. The largest absolute Gasteiger partial charge is 0.447 e. The van der Waals surface area contributed by atoms with E-state index in [0.29, 0.717) is 34.5 Å². The fraction of sp³-hybridized carbons (Fsp3) is 0.111. The summed E-state index contributed by atoms with van der Waals surface area (Å²) in [4.78, 5) is 33.8. The highest BCUT2D eigenvalue weighted by molar-refractivity contribution is 7.78. The zero-order chi connectivity index (χ0) is 72.1. The molecule has 22 rings (SSSR count). The second-order valence-corrected chi connectivity index (χ2v) is 31.3. The van der Waals surface area contributed by atoms with Gasteiger partial charge in [-0.15, -0.1) is 4.52 Å². The Morgan fingerprint density at radius 1 is 0.396 bits per heavy atom. The number of rotatable bonds is 16. The Morgan fingerprint density at radius 3 is 1.13 bits per heavy atom. The van der Waals surface area contributed by atoms with Crippen LogP contribution < -0.4 is 27.8 Å². The smallest absolute Gasteiger partial charge is 0.440 e. The maximum absolute atomic E-state index is 7.38. The van der Waals surface area contributed by atoms with Gasteiger partial charge in [0.15, 0.2) is 0 Å². The van der Waals surface area contributed by atoms with Gasteiger partial charge in [-0.3, -0.25) is 20.0 Å². The molecule has 522 valence electrons. The molecule has 0 fully saturated rings. The van der Waals surface area contributed by atoms with Crippen molar-refractivity contribution in [3.05, 3.63) is 312 Å². The quantitative estimate of drug-likeness (QED) is 0.0532. The summed E-state index contributed by atoms with van der Waals surface area (Å²) in [7, 11) is -8.68. The van der Waals surface area contributed by atoms with E-state index in [4.69, 9.17) is 42.3 Å². The van der Waals surface area contributed by atoms with E-state index in [0.717, 1.165) is 137 Å². The minimum atomic E-state index is -4.02. The molecular weight excluding hydrogens is 1370 g/mol. The molecule has 0 aromatic heterocycles. The minimum absolute atomic E-state index is 0.472. The lowest BCUT2D eigenvalue weighted by Crippen LogP contribution is -2.37. The van der Waals surface area contributed by atoms with E-state index < -0.39 is 24.6 Å². The van der Waals surface area contributed by atoms with Crippen LogP contribution in [0.4, 0.5) is 22.7 Å². The van der Waals surface area contributed by atoms with Crippen LogP contribution in [0, 0.1) is 0 Å². The average molecular weight is 1440 g/mol. The topological polar surface area (TPSA) is 124 Å². The molecule has 13 nitrogen and oxygen atoms in total. The maximum atomic E-state index is 7.38. The van der Waals surface area contributed by atoms with Gasteiger partial charge in [0.1, 0.15) is 34.5 Å². The average Bonchev–Trinajstić information content (AvgIpc) is 0.715. The molecule has 8 heterocycles. The molecule has 0 spiro atoms. The third-order valence-electron chi connectivity index (χ3n) is 19.0. The Hall–Kier alpha value is -11.4. The van der Waals surface area contributed by atoms with Crippen molar-refractivity contribution in [1.82, 2.24) is 9.21 Å². The summed E-state index contributed by atoms with van der Waals surface area (Å²) < 4.78 is 38.4. The van der Waals surface area contributed by atoms with Gasteiger partial charge in [0.25, 0.3) is 0 Å². The first-order valence-corrected chi connectivity index (χ1v) is 39.7. The predicted molar refractivity (Wildman–Crippen MR) is 441 cm³/mol. The molecule has 0 radical (unpaired) electrons. The van der Waals surface area contributed by atoms with Crippen LogP contribution in [0.1, 0.15) is 74.9 Å². The molecule has 0 saturated heterocycles. The molecule has 0 aliphatic carbocycles. The Morgan fingerprint density at radius 2 is 0.755 bits per heavy atom. The second kappa shape index (κ2) is 30.7. The van der Waals surface area contributed by atoms with Gasteiger partial charge in [0.05, 0.1) is 22.7 Å². The Kier molecular flexibility index (Phi) is 20.0. The van der Waals surface area contributed by atoms with Crippen LogP contribution in [-0.2, 0) is 25.7 Å². The van der Waals surface area contributed by atoms with Crippen molar-refractivity contribution < 1.29 is 27.8 Å². The lowest BCUT2D eigenvalue weighted by molar-refractivity contribution is 0.0545. The monoisotopic (exact) mass is 1440 g/mol. The number of aryl methyl sites for hydroxylation is 4. The highest BCUT2D eigenvalue weighted by atomic mass is 31.3. The molecule has 16 heteroatoms. The summed E-state index contributed by atoms with van der Waals surface area (Å²) in [5, 5.41) is 7.02. The van der Waals surface area contributed by atoms with E-state index >= 15 is 0 Å². The predicted octanol–water partition coefficient (Wildman–Crippen LogP) is 26.4. The van der Waals surface area contributed by atoms with Crippen LogP contribution in [0.2, 0.25) is 0 Å². The molecule has 10 bridgehead atoms. The van der Waals surface area contributed by atoms with E-state index in [1.165, 1.54) is 21.5 Å².